The predicted octanol–water partition coefficient (Wildman–Crippen LogP) is 4.04. The summed E-state index contributed by atoms with van der Waals surface area (Å²) in [5.74, 6) is 1.62. The molecular weight excluding hydrogens is 434 g/mol. The molecule has 0 atom stereocenters. The maximum Gasteiger partial charge on any atom is 0.281 e. The minimum absolute atomic E-state index is 0.0157. The molecule has 10 heteroatoms. The number of methoxy groups -OCH3 is 1. The van der Waals surface area contributed by atoms with Gasteiger partial charge in [-0.3, -0.25) is 14.9 Å². The number of ether oxygens (including phenoxy) is 2. The first-order valence-corrected chi connectivity index (χ1v) is 9.83. The average Bonchev–Trinajstić information content (AvgIpc) is 3.36. The molecule has 0 saturated carbocycles. The second-order valence-electron chi connectivity index (χ2n) is 6.64. The molecular formula is C22H17N3O6S. The second kappa shape index (κ2) is 8.90. The van der Waals surface area contributed by atoms with Gasteiger partial charge in [0.05, 0.1) is 17.7 Å². The third-order valence-corrected chi connectivity index (χ3v) is 4.89. The van der Waals surface area contributed by atoms with Crippen molar-refractivity contribution < 1.29 is 23.6 Å². The van der Waals surface area contributed by atoms with E-state index in [1.54, 1.807) is 42.5 Å². The van der Waals surface area contributed by atoms with Crippen LogP contribution >= 0.6 is 12.2 Å². The summed E-state index contributed by atoms with van der Waals surface area (Å²) in [5, 5.41) is 13.8. The fourth-order valence-corrected chi connectivity index (χ4v) is 3.37. The van der Waals surface area contributed by atoms with Crippen molar-refractivity contribution in [1.29, 1.82) is 0 Å². The summed E-state index contributed by atoms with van der Waals surface area (Å²) in [6.45, 7) is 0.119. The first kappa shape index (κ1) is 21.1. The molecule has 1 aliphatic rings. The zero-order chi connectivity index (χ0) is 22.7. The lowest BCUT2D eigenvalue weighted by Crippen LogP contribution is -2.30. The van der Waals surface area contributed by atoms with E-state index in [4.69, 9.17) is 26.1 Å². The standard InChI is InChI=1S/C22H17N3O6S/c1-29-20-5-3-2-4-19(20)24-21(26)18(23-22(24)32)12-16-10-11-17(31-16)13-30-15-8-6-14(7-9-15)25(27)28/h2-12H,13H2,1H3,(H,23,32)/b18-12+. The van der Waals surface area contributed by atoms with Gasteiger partial charge < -0.3 is 19.2 Å². The summed E-state index contributed by atoms with van der Waals surface area (Å²) >= 11 is 5.33. The Bertz CT molecular complexity index is 1220. The third kappa shape index (κ3) is 4.30. The first-order chi connectivity index (χ1) is 15.5. The van der Waals surface area contributed by atoms with Crippen LogP contribution in [0.5, 0.6) is 11.5 Å². The maximum absolute atomic E-state index is 12.9. The quantitative estimate of drug-likeness (QED) is 0.248. The monoisotopic (exact) mass is 451 g/mol. The largest absolute Gasteiger partial charge is 0.495 e. The zero-order valence-corrected chi connectivity index (χ0v) is 17.6. The van der Waals surface area contributed by atoms with Gasteiger partial charge in [0.1, 0.15) is 35.3 Å². The van der Waals surface area contributed by atoms with E-state index in [1.165, 1.54) is 36.3 Å². The van der Waals surface area contributed by atoms with Crippen LogP contribution in [0.1, 0.15) is 11.5 Å². The molecule has 0 radical (unpaired) electrons. The number of hydrogen-bond acceptors (Lipinski definition) is 7. The number of nitro benzene ring substituents is 1. The normalized spacial score (nSPS) is 14.5. The molecule has 3 aromatic rings. The summed E-state index contributed by atoms with van der Waals surface area (Å²) < 4.78 is 16.6. The Morgan fingerprint density at radius 1 is 1.16 bits per heavy atom. The molecule has 1 N–H and O–H groups in total. The van der Waals surface area contributed by atoms with E-state index in [9.17, 15) is 14.9 Å². The van der Waals surface area contributed by atoms with Gasteiger partial charge >= 0.3 is 0 Å². The third-order valence-electron chi connectivity index (χ3n) is 4.60. The number of nitrogens with zero attached hydrogens (tertiary/aromatic N) is 2. The molecule has 1 aromatic heterocycles. The average molecular weight is 451 g/mol. The van der Waals surface area contributed by atoms with E-state index in [2.05, 4.69) is 5.32 Å². The molecule has 0 unspecified atom stereocenters. The molecule has 162 valence electrons. The molecule has 2 heterocycles. The van der Waals surface area contributed by atoms with Crippen molar-refractivity contribution in [2.75, 3.05) is 12.0 Å². The molecule has 9 nitrogen and oxygen atoms in total. The van der Waals surface area contributed by atoms with Crippen molar-refractivity contribution in [3.8, 4) is 11.5 Å². The number of carbonyl (C=O) groups is 1. The number of nitrogens with one attached hydrogen (secondary N) is 1. The van der Waals surface area contributed by atoms with Crippen LogP contribution in [0.2, 0.25) is 0 Å². The summed E-state index contributed by atoms with van der Waals surface area (Å²) in [4.78, 5) is 24.5. The van der Waals surface area contributed by atoms with Crippen LogP contribution in [-0.2, 0) is 11.4 Å². The number of para-hydroxylation sites is 2. The van der Waals surface area contributed by atoms with Crippen molar-refractivity contribution in [2.24, 2.45) is 0 Å². The molecule has 0 spiro atoms. The molecule has 1 aliphatic heterocycles. The van der Waals surface area contributed by atoms with Gasteiger partial charge in [-0.15, -0.1) is 0 Å². The molecule has 0 aliphatic carbocycles. The van der Waals surface area contributed by atoms with Crippen LogP contribution in [0.15, 0.2) is 70.8 Å². The highest BCUT2D eigenvalue weighted by Gasteiger charge is 2.33. The second-order valence-corrected chi connectivity index (χ2v) is 7.03. The number of amides is 1. The smallest absolute Gasteiger partial charge is 0.281 e. The number of non-ortho nitro benzene ring substituents is 1. The fraction of sp³-hybridized carbons (Fsp3) is 0.0909. The SMILES string of the molecule is COc1ccccc1N1C(=O)/C(=C\c2ccc(COc3ccc([N+](=O)[O-])cc3)o2)NC1=S. The summed E-state index contributed by atoms with van der Waals surface area (Å²) in [7, 11) is 1.52. The van der Waals surface area contributed by atoms with E-state index in [0.717, 1.165) is 0 Å². The number of rotatable bonds is 7. The Balaban J connectivity index is 1.45. The molecule has 1 fully saturated rings. The topological polar surface area (TPSA) is 107 Å². The summed E-state index contributed by atoms with van der Waals surface area (Å²) in [5.41, 5.74) is 0.786. The lowest BCUT2D eigenvalue weighted by Gasteiger charge is -2.17. The minimum atomic E-state index is -0.477. The van der Waals surface area contributed by atoms with Crippen LogP contribution in [0, 0.1) is 10.1 Å². The van der Waals surface area contributed by atoms with Crippen molar-refractivity contribution in [3.05, 3.63) is 88.0 Å². The van der Waals surface area contributed by atoms with Gasteiger partial charge in [-0.2, -0.15) is 0 Å². The van der Waals surface area contributed by atoms with Gasteiger partial charge in [0, 0.05) is 18.2 Å². The van der Waals surface area contributed by atoms with Crippen LogP contribution in [0.4, 0.5) is 11.4 Å². The number of anilines is 1. The fourth-order valence-electron chi connectivity index (χ4n) is 3.08. The number of hydrogen-bond donors (Lipinski definition) is 1. The highest BCUT2D eigenvalue weighted by molar-refractivity contribution is 7.80. The van der Waals surface area contributed by atoms with E-state index < -0.39 is 4.92 Å². The molecule has 1 saturated heterocycles. The van der Waals surface area contributed by atoms with Crippen LogP contribution < -0.4 is 19.7 Å². The van der Waals surface area contributed by atoms with Crippen LogP contribution in [0.3, 0.4) is 0 Å². The van der Waals surface area contributed by atoms with Gasteiger partial charge in [0.25, 0.3) is 11.6 Å². The molecule has 1 amide bonds. The van der Waals surface area contributed by atoms with E-state index >= 15 is 0 Å². The Hall–Kier alpha value is -4.18. The Morgan fingerprint density at radius 2 is 1.91 bits per heavy atom. The van der Waals surface area contributed by atoms with E-state index in [0.29, 0.717) is 28.7 Å². The van der Waals surface area contributed by atoms with Crippen molar-refractivity contribution in [1.82, 2.24) is 5.32 Å². The van der Waals surface area contributed by atoms with Crippen LogP contribution in [0.25, 0.3) is 6.08 Å². The minimum Gasteiger partial charge on any atom is -0.495 e. The predicted molar refractivity (Wildman–Crippen MR) is 120 cm³/mol. The van der Waals surface area contributed by atoms with E-state index in [1.807, 2.05) is 0 Å². The summed E-state index contributed by atoms with van der Waals surface area (Å²) in [6.07, 6.45) is 1.55. The number of furan rings is 1. The highest BCUT2D eigenvalue weighted by Crippen LogP contribution is 2.31. The Kier molecular flexibility index (Phi) is 5.86. The number of thiocarbonyl (C=S) groups is 1. The Morgan fingerprint density at radius 3 is 2.62 bits per heavy atom. The van der Waals surface area contributed by atoms with E-state index in [-0.39, 0.29) is 29.0 Å². The number of carbonyl (C=O) groups excluding carboxylic acids is 1. The molecule has 2 aromatic carbocycles. The van der Waals surface area contributed by atoms with Crippen molar-refractivity contribution in [2.45, 2.75) is 6.61 Å². The zero-order valence-electron chi connectivity index (χ0n) is 16.8. The van der Waals surface area contributed by atoms with Gasteiger partial charge in [-0.05, 0) is 48.6 Å². The number of nitro groups is 1. The van der Waals surface area contributed by atoms with Crippen molar-refractivity contribution >= 4 is 40.7 Å². The highest BCUT2D eigenvalue weighted by atomic mass is 32.1. The van der Waals surface area contributed by atoms with Gasteiger partial charge in [-0.25, -0.2) is 4.90 Å². The van der Waals surface area contributed by atoms with Gasteiger partial charge in [0.2, 0.25) is 0 Å². The molecule has 4 rings (SSSR count). The molecule has 0 bridgehead atoms. The Labute approximate surface area is 188 Å². The molecule has 32 heavy (non-hydrogen) atoms. The van der Waals surface area contributed by atoms with Crippen molar-refractivity contribution in [3.63, 3.8) is 0 Å². The summed E-state index contributed by atoms with van der Waals surface area (Å²) in [6, 6.07) is 16.3. The van der Waals surface area contributed by atoms with Gasteiger partial charge in [-0.1, -0.05) is 12.1 Å². The lowest BCUT2D eigenvalue weighted by molar-refractivity contribution is -0.384. The van der Waals surface area contributed by atoms with Gasteiger partial charge in [0.15, 0.2) is 5.11 Å². The maximum atomic E-state index is 12.9. The number of benzene rings is 2. The first-order valence-electron chi connectivity index (χ1n) is 9.42. The lowest BCUT2D eigenvalue weighted by atomic mass is 10.2. The van der Waals surface area contributed by atoms with Crippen LogP contribution in [-0.4, -0.2) is 23.1 Å².